The third-order valence-corrected chi connectivity index (χ3v) is 4.33. The van der Waals surface area contributed by atoms with Crippen molar-refractivity contribution >= 4 is 16.6 Å². The molecule has 1 N–H and O–H groups in total. The minimum atomic E-state index is -1.62. The number of hydrogen-bond donors (Lipinski definition) is 1. The summed E-state index contributed by atoms with van der Waals surface area (Å²) in [5.41, 5.74) is 0. The van der Waals surface area contributed by atoms with Gasteiger partial charge >= 0.3 is 0 Å². The Morgan fingerprint density at radius 3 is 1.88 bits per heavy atom. The number of aliphatic hydroxyl groups is 1. The number of aliphatic hydroxyl groups excluding tert-OH is 1. The average molecular weight is 278 g/mol. The van der Waals surface area contributed by atoms with Crippen molar-refractivity contribution in [2.75, 3.05) is 6.61 Å². The Morgan fingerprint density at radius 2 is 1.41 bits per heavy atom. The Bertz CT molecular complexity index is 247. The second-order valence-electron chi connectivity index (χ2n) is 6.56. The van der Waals surface area contributed by atoms with Gasteiger partial charge < -0.3 is 18.7 Å². The number of ether oxygens (including phenoxy) is 1. The molecule has 0 bridgehead atoms. The summed E-state index contributed by atoms with van der Waals surface area (Å²) in [6, 6.07) is 0. The summed E-state index contributed by atoms with van der Waals surface area (Å²) in [6.45, 7) is 13.4. The molecule has 0 aromatic rings. The molecule has 0 saturated carbocycles. The quantitative estimate of drug-likeness (QED) is 0.801. The lowest BCUT2D eigenvalue weighted by atomic mass is 10.1. The van der Waals surface area contributed by atoms with Gasteiger partial charge in [-0.25, -0.2) is 0 Å². The van der Waals surface area contributed by atoms with Crippen LogP contribution in [-0.4, -0.2) is 46.8 Å². The number of hydrogen-bond acceptors (Lipinski definition) is 4. The van der Waals surface area contributed by atoms with Crippen LogP contribution in [0.25, 0.3) is 0 Å². The van der Waals surface area contributed by atoms with Gasteiger partial charge in [0.25, 0.3) is 0 Å². The highest BCUT2D eigenvalue weighted by Gasteiger charge is 2.37. The lowest BCUT2D eigenvalue weighted by Crippen LogP contribution is -2.51. The Labute approximate surface area is 107 Å². The maximum absolute atomic E-state index is 9.56. The molecule has 6 heteroatoms. The van der Waals surface area contributed by atoms with Gasteiger partial charge in [0.1, 0.15) is 0 Å². The largest absolute Gasteiger partial charge is 0.412 e. The van der Waals surface area contributed by atoms with E-state index in [1.807, 2.05) is 0 Å². The molecule has 0 aromatic heterocycles. The van der Waals surface area contributed by atoms with E-state index in [4.69, 9.17) is 13.6 Å². The van der Waals surface area contributed by atoms with Crippen molar-refractivity contribution in [1.29, 1.82) is 0 Å². The molecule has 1 saturated heterocycles. The molecule has 4 nitrogen and oxygen atoms in total. The van der Waals surface area contributed by atoms with E-state index in [2.05, 4.69) is 39.3 Å². The molecule has 1 heterocycles. The molecule has 3 atom stereocenters. The summed E-state index contributed by atoms with van der Waals surface area (Å²) in [5.74, 6) is 0. The zero-order valence-corrected chi connectivity index (χ0v) is 13.8. The van der Waals surface area contributed by atoms with Crippen LogP contribution in [0.2, 0.25) is 39.3 Å². The Morgan fingerprint density at radius 1 is 0.941 bits per heavy atom. The van der Waals surface area contributed by atoms with Crippen molar-refractivity contribution in [2.24, 2.45) is 0 Å². The minimum absolute atomic E-state index is 0.0304. The molecule has 17 heavy (non-hydrogen) atoms. The normalized spacial score (nSPS) is 31.6. The second kappa shape index (κ2) is 5.50. The predicted octanol–water partition coefficient (Wildman–Crippen LogP) is 2.17. The van der Waals surface area contributed by atoms with Crippen molar-refractivity contribution in [3.05, 3.63) is 0 Å². The molecule has 3 unspecified atom stereocenters. The lowest BCUT2D eigenvalue weighted by Gasteiger charge is -2.40. The molecule has 0 radical (unpaired) electrons. The first-order chi connectivity index (χ1) is 7.57. The van der Waals surface area contributed by atoms with Gasteiger partial charge in [0, 0.05) is 6.42 Å². The predicted molar refractivity (Wildman–Crippen MR) is 73.0 cm³/mol. The lowest BCUT2D eigenvalue weighted by molar-refractivity contribution is -0.186. The topological polar surface area (TPSA) is 47.9 Å². The van der Waals surface area contributed by atoms with E-state index in [1.165, 1.54) is 0 Å². The van der Waals surface area contributed by atoms with Gasteiger partial charge in [-0.05, 0) is 39.3 Å². The van der Waals surface area contributed by atoms with Gasteiger partial charge in [0.2, 0.25) is 0 Å². The molecule has 1 aliphatic rings. The van der Waals surface area contributed by atoms with Gasteiger partial charge in [-0.3, -0.25) is 0 Å². The first-order valence-corrected chi connectivity index (χ1v) is 13.0. The zero-order valence-electron chi connectivity index (χ0n) is 11.8. The van der Waals surface area contributed by atoms with Crippen molar-refractivity contribution in [3.63, 3.8) is 0 Å². The average Bonchev–Trinajstić information content (AvgIpc) is 2.05. The van der Waals surface area contributed by atoms with Crippen LogP contribution >= 0.6 is 0 Å². The molecule has 0 spiro atoms. The van der Waals surface area contributed by atoms with Gasteiger partial charge in [-0.15, -0.1) is 0 Å². The van der Waals surface area contributed by atoms with E-state index in [1.54, 1.807) is 0 Å². The highest BCUT2D eigenvalue weighted by molar-refractivity contribution is 6.70. The van der Waals surface area contributed by atoms with E-state index in [9.17, 15) is 5.11 Å². The fourth-order valence-electron chi connectivity index (χ4n) is 1.87. The van der Waals surface area contributed by atoms with Crippen LogP contribution < -0.4 is 0 Å². The summed E-state index contributed by atoms with van der Waals surface area (Å²) in [5, 5.41) is 9.56. The van der Waals surface area contributed by atoms with Crippen LogP contribution in [0.5, 0.6) is 0 Å². The van der Waals surface area contributed by atoms with Crippen LogP contribution in [0.1, 0.15) is 6.42 Å². The molecular formula is C11H26O4Si2. The molecule has 1 rings (SSSR count). The van der Waals surface area contributed by atoms with Crippen molar-refractivity contribution in [1.82, 2.24) is 0 Å². The van der Waals surface area contributed by atoms with Gasteiger partial charge in [0.05, 0.1) is 18.8 Å². The highest BCUT2D eigenvalue weighted by atomic mass is 28.4. The summed E-state index contributed by atoms with van der Waals surface area (Å²) in [6.07, 6.45) is -0.258. The Hall–Kier alpha value is 0.274. The monoisotopic (exact) mass is 278 g/mol. The Balaban J connectivity index is 2.65. The maximum Gasteiger partial charge on any atom is 0.184 e. The van der Waals surface area contributed by atoms with Crippen LogP contribution in [0.15, 0.2) is 0 Å². The van der Waals surface area contributed by atoms with Gasteiger partial charge in [-0.2, -0.15) is 0 Å². The van der Waals surface area contributed by atoms with Crippen LogP contribution in [0.4, 0.5) is 0 Å². The van der Waals surface area contributed by atoms with Crippen molar-refractivity contribution in [2.45, 2.75) is 64.2 Å². The summed E-state index contributed by atoms with van der Waals surface area (Å²) < 4.78 is 17.5. The standard InChI is InChI=1S/C11H26O4Si2/c1-16(2,3)14-9-7-11(12)13-8-10(9)15-17(4,5)6/h9-12H,7-8H2,1-6H3. The van der Waals surface area contributed by atoms with Crippen LogP contribution in [0, 0.1) is 0 Å². The summed E-state index contributed by atoms with van der Waals surface area (Å²) in [7, 11) is -3.23. The van der Waals surface area contributed by atoms with Crippen molar-refractivity contribution < 1.29 is 18.7 Å². The highest BCUT2D eigenvalue weighted by Crippen LogP contribution is 2.24. The van der Waals surface area contributed by atoms with E-state index < -0.39 is 22.9 Å². The fraction of sp³-hybridized carbons (Fsp3) is 1.00. The Kier molecular flexibility index (Phi) is 4.96. The molecular weight excluding hydrogens is 252 g/mol. The summed E-state index contributed by atoms with van der Waals surface area (Å²) in [4.78, 5) is 0. The molecule has 1 fully saturated rings. The number of rotatable bonds is 4. The molecule has 102 valence electrons. The third-order valence-electron chi connectivity index (χ3n) is 2.31. The minimum Gasteiger partial charge on any atom is -0.412 e. The maximum atomic E-state index is 9.56. The van der Waals surface area contributed by atoms with E-state index in [0.717, 1.165) is 0 Å². The van der Waals surface area contributed by atoms with Crippen LogP contribution in [-0.2, 0) is 13.6 Å². The SMILES string of the molecule is C[Si](C)(C)OC1COC(O)CC1O[Si](C)(C)C. The zero-order chi connectivity index (χ0) is 13.3. The summed E-state index contributed by atoms with van der Waals surface area (Å²) >= 11 is 0. The first kappa shape index (κ1) is 15.3. The van der Waals surface area contributed by atoms with Crippen molar-refractivity contribution in [3.8, 4) is 0 Å². The fourth-order valence-corrected chi connectivity index (χ4v) is 4.16. The molecule has 1 aliphatic heterocycles. The first-order valence-electron chi connectivity index (χ1n) is 6.22. The van der Waals surface area contributed by atoms with Gasteiger partial charge in [0.15, 0.2) is 22.9 Å². The van der Waals surface area contributed by atoms with E-state index in [-0.39, 0.29) is 12.2 Å². The molecule has 0 aliphatic carbocycles. The molecule has 0 amide bonds. The van der Waals surface area contributed by atoms with E-state index in [0.29, 0.717) is 13.0 Å². The molecule has 0 aromatic carbocycles. The van der Waals surface area contributed by atoms with E-state index >= 15 is 0 Å². The second-order valence-corrected chi connectivity index (χ2v) is 15.5. The smallest absolute Gasteiger partial charge is 0.184 e. The van der Waals surface area contributed by atoms with Gasteiger partial charge in [-0.1, -0.05) is 0 Å². The van der Waals surface area contributed by atoms with Crippen LogP contribution in [0.3, 0.4) is 0 Å². The third kappa shape index (κ3) is 6.12.